The molecule has 1 aromatic rings. The highest BCUT2D eigenvalue weighted by molar-refractivity contribution is 5.71. The van der Waals surface area contributed by atoms with Crippen LogP contribution in [-0.2, 0) is 16.0 Å². The second kappa shape index (κ2) is 6.96. The first kappa shape index (κ1) is 16.5. The van der Waals surface area contributed by atoms with Gasteiger partial charge in [0.25, 0.3) is 0 Å². The quantitative estimate of drug-likeness (QED) is 0.908. The third kappa shape index (κ3) is 4.59. The fourth-order valence-corrected chi connectivity index (χ4v) is 2.47. The van der Waals surface area contributed by atoms with E-state index in [0.29, 0.717) is 6.61 Å². The van der Waals surface area contributed by atoms with Crippen molar-refractivity contribution in [3.05, 3.63) is 24.3 Å². The molecule has 0 aromatic carbocycles. The molecule has 0 saturated heterocycles. The summed E-state index contributed by atoms with van der Waals surface area (Å²) in [6.45, 7) is 7.00. The van der Waals surface area contributed by atoms with E-state index in [0.717, 1.165) is 25.1 Å². The van der Waals surface area contributed by atoms with E-state index in [9.17, 15) is 4.79 Å². The molecule has 1 aromatic heterocycles. The number of carbonyl (C=O) groups is 1. The fourth-order valence-electron chi connectivity index (χ4n) is 2.47. The number of carbonyl (C=O) groups excluding carboxylic acids is 1. The molecule has 0 fully saturated rings. The van der Waals surface area contributed by atoms with Crippen LogP contribution in [0.15, 0.2) is 18.6 Å². The lowest BCUT2D eigenvalue weighted by atomic mass is 10.1. The molecule has 6 nitrogen and oxygen atoms in total. The summed E-state index contributed by atoms with van der Waals surface area (Å²) in [7, 11) is 1.69. The van der Waals surface area contributed by atoms with Crippen LogP contribution >= 0.6 is 0 Å². The van der Waals surface area contributed by atoms with Gasteiger partial charge in [-0.2, -0.15) is 0 Å². The number of aromatic nitrogens is 2. The number of hydrogen-bond acceptors (Lipinski definition) is 4. The highest BCUT2D eigenvalue weighted by atomic mass is 16.6. The van der Waals surface area contributed by atoms with Crippen LogP contribution in [0.2, 0.25) is 0 Å². The van der Waals surface area contributed by atoms with Crippen molar-refractivity contribution in [1.29, 1.82) is 0 Å². The van der Waals surface area contributed by atoms with E-state index < -0.39 is 5.60 Å². The van der Waals surface area contributed by atoms with Crippen LogP contribution in [0.3, 0.4) is 0 Å². The Bertz CT molecular complexity index is 543. The number of nitrogens with zero attached hydrogens (tertiary/aromatic N) is 2. The number of ether oxygens (including phenoxy) is 2. The predicted octanol–water partition coefficient (Wildman–Crippen LogP) is 2.60. The second-order valence-electron chi connectivity index (χ2n) is 6.48. The zero-order valence-corrected chi connectivity index (χ0v) is 13.8. The Kier molecular flexibility index (Phi) is 5.24. The van der Waals surface area contributed by atoms with Crippen molar-refractivity contribution in [2.45, 2.75) is 51.8 Å². The molecular weight excluding hydrogens is 282 g/mol. The minimum Gasteiger partial charge on any atom is -0.444 e. The monoisotopic (exact) mass is 307 g/mol. The average Bonchev–Trinajstić information content (AvgIpc) is 3.02. The molecular formula is C16H25N3O3. The second-order valence-corrected chi connectivity index (χ2v) is 6.48. The number of nitrogens with one attached hydrogen (secondary N) is 1. The van der Waals surface area contributed by atoms with Crippen molar-refractivity contribution in [3.8, 4) is 0 Å². The van der Waals surface area contributed by atoms with Gasteiger partial charge in [0, 0.05) is 19.7 Å². The van der Waals surface area contributed by atoms with E-state index in [2.05, 4.69) is 20.9 Å². The summed E-state index contributed by atoms with van der Waals surface area (Å²) in [5, 5.41) is 2.92. The summed E-state index contributed by atoms with van der Waals surface area (Å²) in [5.41, 5.74) is 1.82. The predicted molar refractivity (Wildman–Crippen MR) is 84.5 cm³/mol. The highest BCUT2D eigenvalue weighted by Gasteiger charge is 2.24. The zero-order valence-electron chi connectivity index (χ0n) is 13.8. The first-order chi connectivity index (χ1) is 10.4. The zero-order chi connectivity index (χ0) is 16.2. The van der Waals surface area contributed by atoms with Crippen LogP contribution in [0.5, 0.6) is 0 Å². The number of alkyl carbamates (subject to hydrolysis) is 1. The van der Waals surface area contributed by atoms with E-state index in [-0.39, 0.29) is 12.1 Å². The van der Waals surface area contributed by atoms with Gasteiger partial charge in [-0.25, -0.2) is 9.78 Å². The largest absolute Gasteiger partial charge is 0.444 e. The molecule has 22 heavy (non-hydrogen) atoms. The van der Waals surface area contributed by atoms with Gasteiger partial charge in [0.15, 0.2) is 0 Å². The Balaban J connectivity index is 1.90. The minimum absolute atomic E-state index is 0.0793. The lowest BCUT2D eigenvalue weighted by molar-refractivity contribution is 0.0507. The van der Waals surface area contributed by atoms with Gasteiger partial charge in [-0.3, -0.25) is 0 Å². The van der Waals surface area contributed by atoms with E-state index in [1.165, 1.54) is 5.57 Å². The maximum absolute atomic E-state index is 11.8. The van der Waals surface area contributed by atoms with E-state index in [4.69, 9.17) is 9.47 Å². The van der Waals surface area contributed by atoms with Gasteiger partial charge in [-0.1, -0.05) is 6.08 Å². The van der Waals surface area contributed by atoms with Crippen LogP contribution in [0.4, 0.5) is 4.79 Å². The summed E-state index contributed by atoms with van der Waals surface area (Å²) in [6.07, 6.45) is 7.06. The number of amides is 1. The fraction of sp³-hybridized carbons (Fsp3) is 0.625. The third-order valence-corrected chi connectivity index (χ3v) is 3.41. The first-order valence-corrected chi connectivity index (χ1v) is 7.57. The Morgan fingerprint density at radius 3 is 2.95 bits per heavy atom. The van der Waals surface area contributed by atoms with Crippen LogP contribution < -0.4 is 5.32 Å². The van der Waals surface area contributed by atoms with Crippen molar-refractivity contribution in [2.24, 2.45) is 0 Å². The van der Waals surface area contributed by atoms with Crippen molar-refractivity contribution in [3.63, 3.8) is 0 Å². The molecule has 0 saturated carbocycles. The van der Waals surface area contributed by atoms with E-state index >= 15 is 0 Å². The summed E-state index contributed by atoms with van der Waals surface area (Å²) >= 11 is 0. The van der Waals surface area contributed by atoms with Gasteiger partial charge in [-0.05, 0) is 39.2 Å². The van der Waals surface area contributed by atoms with Crippen molar-refractivity contribution in [2.75, 3.05) is 13.7 Å². The Morgan fingerprint density at radius 2 is 2.27 bits per heavy atom. The topological polar surface area (TPSA) is 65.4 Å². The molecule has 122 valence electrons. The molecule has 0 radical (unpaired) electrons. The van der Waals surface area contributed by atoms with Crippen molar-refractivity contribution < 1.29 is 14.3 Å². The molecule has 1 atom stereocenters. The normalized spacial score (nSPS) is 18.2. The summed E-state index contributed by atoms with van der Waals surface area (Å²) < 4.78 is 12.5. The molecule has 0 aliphatic heterocycles. The Hall–Kier alpha value is -1.82. The molecule has 0 bridgehead atoms. The molecule has 2 rings (SSSR count). The first-order valence-electron chi connectivity index (χ1n) is 7.57. The average molecular weight is 307 g/mol. The number of methoxy groups -OCH3 is 1. The summed E-state index contributed by atoms with van der Waals surface area (Å²) in [6, 6.07) is 0.0793. The van der Waals surface area contributed by atoms with Crippen LogP contribution in [0.25, 0.3) is 5.57 Å². The Labute approximate surface area is 131 Å². The molecule has 1 aliphatic rings. The summed E-state index contributed by atoms with van der Waals surface area (Å²) in [5.74, 6) is 0. The lowest BCUT2D eigenvalue weighted by Crippen LogP contribution is -2.38. The van der Waals surface area contributed by atoms with Gasteiger partial charge in [-0.15, -0.1) is 0 Å². The van der Waals surface area contributed by atoms with E-state index in [1.807, 2.05) is 33.3 Å². The molecule has 1 unspecified atom stereocenters. The molecule has 1 aliphatic carbocycles. The van der Waals surface area contributed by atoms with Gasteiger partial charge in [0.05, 0.1) is 24.8 Å². The van der Waals surface area contributed by atoms with Crippen molar-refractivity contribution in [1.82, 2.24) is 14.9 Å². The van der Waals surface area contributed by atoms with Crippen LogP contribution in [0.1, 0.15) is 39.3 Å². The van der Waals surface area contributed by atoms with Gasteiger partial charge in [0.2, 0.25) is 0 Å². The Morgan fingerprint density at radius 1 is 1.50 bits per heavy atom. The molecule has 1 N–H and O–H groups in total. The minimum atomic E-state index is -0.474. The smallest absolute Gasteiger partial charge is 0.407 e. The maximum atomic E-state index is 11.8. The number of hydrogen-bond donors (Lipinski definition) is 1. The molecule has 1 amide bonds. The van der Waals surface area contributed by atoms with E-state index in [1.54, 1.807) is 7.11 Å². The third-order valence-electron chi connectivity index (χ3n) is 3.41. The molecule has 1 heterocycles. The SMILES string of the molecule is COCCn1cncc1C1=CCC(NC(=O)OC(C)(C)C)C1. The van der Waals surface area contributed by atoms with Crippen LogP contribution in [-0.4, -0.2) is 41.0 Å². The van der Waals surface area contributed by atoms with Crippen molar-refractivity contribution >= 4 is 11.7 Å². The van der Waals surface area contributed by atoms with Gasteiger partial charge < -0.3 is 19.4 Å². The molecule has 6 heteroatoms. The molecule has 0 spiro atoms. The lowest BCUT2D eigenvalue weighted by Gasteiger charge is -2.21. The standard InChI is InChI=1S/C16H25N3O3/c1-16(2,3)22-15(20)18-13-6-5-12(9-13)14-10-17-11-19(14)7-8-21-4/h5,10-11,13H,6-9H2,1-4H3,(H,18,20). The number of rotatable bonds is 5. The van der Waals surface area contributed by atoms with Gasteiger partial charge >= 0.3 is 6.09 Å². The van der Waals surface area contributed by atoms with Gasteiger partial charge in [0.1, 0.15) is 5.60 Å². The summed E-state index contributed by atoms with van der Waals surface area (Å²) in [4.78, 5) is 16.0. The number of imidazole rings is 1. The highest BCUT2D eigenvalue weighted by Crippen LogP contribution is 2.28. The van der Waals surface area contributed by atoms with Crippen LogP contribution in [0, 0.1) is 0 Å². The maximum Gasteiger partial charge on any atom is 0.407 e.